The van der Waals surface area contributed by atoms with E-state index in [0.717, 1.165) is 11.3 Å². The van der Waals surface area contributed by atoms with Crippen LogP contribution in [0.3, 0.4) is 0 Å². The average Bonchev–Trinajstić information content (AvgIpc) is 2.60. The SMILES string of the molecule is CCC(=O)NCC(=O)Nc1ccc(NCc2ccccc2)c(Cl)c1. The van der Waals surface area contributed by atoms with Crippen molar-refractivity contribution in [2.45, 2.75) is 19.9 Å². The lowest BCUT2D eigenvalue weighted by molar-refractivity contribution is -0.123. The number of hydrogen-bond donors (Lipinski definition) is 3. The minimum absolute atomic E-state index is 0.0572. The molecule has 0 saturated heterocycles. The molecular weight excluding hydrogens is 326 g/mol. The van der Waals surface area contributed by atoms with Crippen LogP contribution in [0.15, 0.2) is 48.5 Å². The Morgan fingerprint density at radius 3 is 2.46 bits per heavy atom. The first-order chi connectivity index (χ1) is 11.6. The Morgan fingerprint density at radius 1 is 1.04 bits per heavy atom. The molecule has 0 aliphatic rings. The summed E-state index contributed by atoms with van der Waals surface area (Å²) in [5.41, 5.74) is 2.52. The summed E-state index contributed by atoms with van der Waals surface area (Å²) in [5, 5.41) is 8.99. The van der Waals surface area contributed by atoms with Crippen molar-refractivity contribution >= 4 is 34.8 Å². The second-order valence-electron chi connectivity index (χ2n) is 5.21. The van der Waals surface area contributed by atoms with Crippen molar-refractivity contribution in [2.75, 3.05) is 17.2 Å². The second-order valence-corrected chi connectivity index (χ2v) is 5.62. The van der Waals surface area contributed by atoms with Crippen LogP contribution in [0.25, 0.3) is 0 Å². The third kappa shape index (κ3) is 5.59. The maximum atomic E-state index is 11.8. The Morgan fingerprint density at radius 2 is 1.79 bits per heavy atom. The molecule has 24 heavy (non-hydrogen) atoms. The molecule has 0 aromatic heterocycles. The van der Waals surface area contributed by atoms with E-state index in [1.54, 1.807) is 19.1 Å². The van der Waals surface area contributed by atoms with Gasteiger partial charge in [-0.2, -0.15) is 0 Å². The molecule has 0 aliphatic heterocycles. The molecule has 126 valence electrons. The fraction of sp³-hybridized carbons (Fsp3) is 0.222. The first-order valence-electron chi connectivity index (χ1n) is 7.72. The zero-order valence-corrected chi connectivity index (χ0v) is 14.2. The van der Waals surface area contributed by atoms with Crippen LogP contribution in [0.2, 0.25) is 5.02 Å². The van der Waals surface area contributed by atoms with Crippen LogP contribution in [0.1, 0.15) is 18.9 Å². The van der Waals surface area contributed by atoms with Gasteiger partial charge < -0.3 is 16.0 Å². The molecule has 3 N–H and O–H groups in total. The van der Waals surface area contributed by atoms with Crippen molar-refractivity contribution in [3.63, 3.8) is 0 Å². The van der Waals surface area contributed by atoms with E-state index in [1.807, 2.05) is 36.4 Å². The lowest BCUT2D eigenvalue weighted by Crippen LogP contribution is -2.32. The zero-order chi connectivity index (χ0) is 17.4. The molecule has 0 spiro atoms. The van der Waals surface area contributed by atoms with Crippen molar-refractivity contribution in [3.05, 3.63) is 59.1 Å². The molecule has 0 heterocycles. The van der Waals surface area contributed by atoms with E-state index in [0.29, 0.717) is 23.7 Å². The van der Waals surface area contributed by atoms with Gasteiger partial charge in [0.15, 0.2) is 0 Å². The van der Waals surface area contributed by atoms with Gasteiger partial charge in [-0.15, -0.1) is 0 Å². The molecule has 0 bridgehead atoms. The van der Waals surface area contributed by atoms with Gasteiger partial charge in [-0.3, -0.25) is 9.59 Å². The third-order valence-electron chi connectivity index (χ3n) is 3.35. The van der Waals surface area contributed by atoms with Gasteiger partial charge in [0.2, 0.25) is 11.8 Å². The van der Waals surface area contributed by atoms with Crippen molar-refractivity contribution in [1.29, 1.82) is 0 Å². The molecule has 2 aromatic carbocycles. The summed E-state index contributed by atoms with van der Waals surface area (Å²) in [6, 6.07) is 15.2. The van der Waals surface area contributed by atoms with E-state index in [4.69, 9.17) is 11.6 Å². The van der Waals surface area contributed by atoms with Gasteiger partial charge in [-0.05, 0) is 23.8 Å². The number of amides is 2. The van der Waals surface area contributed by atoms with E-state index in [9.17, 15) is 9.59 Å². The largest absolute Gasteiger partial charge is 0.380 e. The first-order valence-corrected chi connectivity index (χ1v) is 8.10. The summed E-state index contributed by atoms with van der Waals surface area (Å²) < 4.78 is 0. The zero-order valence-electron chi connectivity index (χ0n) is 13.4. The van der Waals surface area contributed by atoms with Crippen LogP contribution in [-0.2, 0) is 16.1 Å². The molecule has 0 fully saturated rings. The molecule has 0 aliphatic carbocycles. The molecule has 0 unspecified atom stereocenters. The Balaban J connectivity index is 1.89. The molecule has 0 radical (unpaired) electrons. The van der Waals surface area contributed by atoms with Crippen LogP contribution >= 0.6 is 11.6 Å². The van der Waals surface area contributed by atoms with Gasteiger partial charge in [-0.25, -0.2) is 0 Å². The summed E-state index contributed by atoms with van der Waals surface area (Å²) in [4.78, 5) is 22.9. The molecule has 5 nitrogen and oxygen atoms in total. The number of carbonyl (C=O) groups excluding carboxylic acids is 2. The Labute approximate surface area is 146 Å². The predicted octanol–water partition coefficient (Wildman–Crippen LogP) is 3.42. The summed E-state index contributed by atoms with van der Waals surface area (Å²) in [7, 11) is 0. The van der Waals surface area contributed by atoms with Crippen LogP contribution in [0.4, 0.5) is 11.4 Å². The van der Waals surface area contributed by atoms with Crippen molar-refractivity contribution < 1.29 is 9.59 Å². The van der Waals surface area contributed by atoms with E-state index in [-0.39, 0.29) is 18.4 Å². The summed E-state index contributed by atoms with van der Waals surface area (Å²) in [6.45, 7) is 2.34. The summed E-state index contributed by atoms with van der Waals surface area (Å²) in [5.74, 6) is -0.457. The van der Waals surface area contributed by atoms with Gasteiger partial charge in [0.1, 0.15) is 0 Å². The minimum atomic E-state index is -0.294. The van der Waals surface area contributed by atoms with Crippen LogP contribution in [0.5, 0.6) is 0 Å². The molecule has 2 rings (SSSR count). The normalized spacial score (nSPS) is 10.1. The summed E-state index contributed by atoms with van der Waals surface area (Å²) in [6.07, 6.45) is 0.348. The summed E-state index contributed by atoms with van der Waals surface area (Å²) >= 11 is 6.25. The fourth-order valence-corrected chi connectivity index (χ4v) is 2.29. The van der Waals surface area contributed by atoms with Gasteiger partial charge in [0.05, 0.1) is 17.3 Å². The fourth-order valence-electron chi connectivity index (χ4n) is 2.04. The molecule has 6 heteroatoms. The quantitative estimate of drug-likeness (QED) is 0.720. The van der Waals surface area contributed by atoms with E-state index in [2.05, 4.69) is 16.0 Å². The maximum Gasteiger partial charge on any atom is 0.243 e. The standard InChI is InChI=1S/C18H20ClN3O2/c1-2-17(23)21-12-18(24)22-14-8-9-16(15(19)10-14)20-11-13-6-4-3-5-7-13/h3-10,20H,2,11-12H2,1H3,(H,21,23)(H,22,24). The highest BCUT2D eigenvalue weighted by Gasteiger charge is 2.07. The number of benzene rings is 2. The molecular formula is C18H20ClN3O2. The molecule has 0 atom stereocenters. The van der Waals surface area contributed by atoms with Crippen molar-refractivity contribution in [1.82, 2.24) is 5.32 Å². The van der Waals surface area contributed by atoms with Crippen LogP contribution in [0, 0.1) is 0 Å². The van der Waals surface area contributed by atoms with Crippen molar-refractivity contribution in [3.8, 4) is 0 Å². The lowest BCUT2D eigenvalue weighted by Gasteiger charge is -2.11. The highest BCUT2D eigenvalue weighted by molar-refractivity contribution is 6.33. The Hall–Kier alpha value is -2.53. The minimum Gasteiger partial charge on any atom is -0.380 e. The Bertz CT molecular complexity index is 705. The monoisotopic (exact) mass is 345 g/mol. The average molecular weight is 346 g/mol. The van der Waals surface area contributed by atoms with Crippen LogP contribution in [-0.4, -0.2) is 18.4 Å². The van der Waals surface area contributed by atoms with E-state index < -0.39 is 0 Å². The number of hydrogen-bond acceptors (Lipinski definition) is 3. The third-order valence-corrected chi connectivity index (χ3v) is 3.66. The first kappa shape index (κ1) is 17.8. The van der Waals surface area contributed by atoms with E-state index >= 15 is 0 Å². The molecule has 2 amide bonds. The van der Waals surface area contributed by atoms with E-state index in [1.165, 1.54) is 0 Å². The molecule has 2 aromatic rings. The maximum absolute atomic E-state index is 11.8. The topological polar surface area (TPSA) is 70.2 Å². The smallest absolute Gasteiger partial charge is 0.243 e. The number of anilines is 2. The number of rotatable bonds is 7. The highest BCUT2D eigenvalue weighted by atomic mass is 35.5. The Kier molecular flexibility index (Phi) is 6.63. The number of carbonyl (C=O) groups is 2. The van der Waals surface area contributed by atoms with Crippen molar-refractivity contribution in [2.24, 2.45) is 0 Å². The number of halogens is 1. The molecule has 0 saturated carbocycles. The van der Waals surface area contributed by atoms with Gasteiger partial charge in [-0.1, -0.05) is 48.9 Å². The van der Waals surface area contributed by atoms with Gasteiger partial charge >= 0.3 is 0 Å². The van der Waals surface area contributed by atoms with Gasteiger partial charge in [0, 0.05) is 18.7 Å². The van der Waals surface area contributed by atoms with Gasteiger partial charge in [0.25, 0.3) is 0 Å². The highest BCUT2D eigenvalue weighted by Crippen LogP contribution is 2.26. The second kappa shape index (κ2) is 8.93. The number of nitrogens with one attached hydrogen (secondary N) is 3. The lowest BCUT2D eigenvalue weighted by atomic mass is 10.2. The van der Waals surface area contributed by atoms with Crippen LogP contribution < -0.4 is 16.0 Å². The predicted molar refractivity (Wildman–Crippen MR) is 97.2 cm³/mol.